The second-order valence-electron chi connectivity index (χ2n) is 7.08. The van der Waals surface area contributed by atoms with E-state index in [2.05, 4.69) is 39.8 Å². The molecular formula is C25H17N5. The first-order valence-corrected chi connectivity index (χ1v) is 9.35. The minimum atomic E-state index is -0.181. The van der Waals surface area contributed by atoms with Crippen molar-refractivity contribution in [3.63, 3.8) is 0 Å². The Labute approximate surface area is 174 Å². The van der Waals surface area contributed by atoms with Crippen molar-refractivity contribution >= 4 is 33.1 Å². The Kier molecular flexibility index (Phi) is 4.69. The zero-order valence-electron chi connectivity index (χ0n) is 16.6. The first kappa shape index (κ1) is 18.8. The lowest BCUT2D eigenvalue weighted by Gasteiger charge is -2.14. The van der Waals surface area contributed by atoms with Gasteiger partial charge in [-0.1, -0.05) is 24.3 Å². The van der Waals surface area contributed by atoms with E-state index in [0.29, 0.717) is 5.56 Å². The van der Waals surface area contributed by atoms with E-state index in [1.165, 1.54) is 0 Å². The van der Waals surface area contributed by atoms with Crippen LogP contribution in [0.3, 0.4) is 0 Å². The van der Waals surface area contributed by atoms with Gasteiger partial charge in [-0.05, 0) is 48.0 Å². The van der Waals surface area contributed by atoms with Gasteiger partial charge in [-0.25, -0.2) is 0 Å². The Morgan fingerprint density at radius 2 is 1.43 bits per heavy atom. The number of aromatic nitrogens is 1. The Morgan fingerprint density at radius 1 is 0.767 bits per heavy atom. The highest BCUT2D eigenvalue weighted by atomic mass is 15.1. The summed E-state index contributed by atoms with van der Waals surface area (Å²) >= 11 is 0. The predicted molar refractivity (Wildman–Crippen MR) is 119 cm³/mol. The summed E-state index contributed by atoms with van der Waals surface area (Å²) in [6.45, 7) is 0. The predicted octanol–water partition coefficient (Wildman–Crippen LogP) is 5.17. The molecule has 0 bridgehead atoms. The molecule has 1 aromatic heterocycles. The molecule has 142 valence electrons. The third kappa shape index (κ3) is 2.94. The standard InChI is InChI=1S/C25H17N5/c1-29(2)19-8-10-20(11-9-19)30-24-6-4-3-5-21(24)22-13-17(7-12-25(22)30)23(16-28)18(14-26)15-27/h3-13H,1-2H3. The molecule has 0 unspecified atom stereocenters. The summed E-state index contributed by atoms with van der Waals surface area (Å²) in [5, 5.41) is 29.9. The van der Waals surface area contributed by atoms with Crippen LogP contribution in [0.1, 0.15) is 5.56 Å². The van der Waals surface area contributed by atoms with Gasteiger partial charge in [-0.2, -0.15) is 15.8 Å². The van der Waals surface area contributed by atoms with Crippen LogP contribution in [0, 0.1) is 34.0 Å². The molecule has 0 aliphatic heterocycles. The molecule has 0 saturated heterocycles. The Balaban J connectivity index is 2.02. The number of hydrogen-bond acceptors (Lipinski definition) is 4. The van der Waals surface area contributed by atoms with E-state index in [1.54, 1.807) is 6.07 Å². The largest absolute Gasteiger partial charge is 0.378 e. The van der Waals surface area contributed by atoms with Crippen LogP contribution in [0.5, 0.6) is 0 Å². The molecule has 0 aliphatic carbocycles. The molecule has 30 heavy (non-hydrogen) atoms. The Bertz CT molecular complexity index is 1420. The summed E-state index contributed by atoms with van der Waals surface area (Å²) in [5.41, 5.74) is 4.66. The molecular weight excluding hydrogens is 370 g/mol. The fourth-order valence-electron chi connectivity index (χ4n) is 3.71. The van der Waals surface area contributed by atoms with Crippen molar-refractivity contribution < 1.29 is 0 Å². The van der Waals surface area contributed by atoms with Crippen LogP contribution in [0.15, 0.2) is 72.3 Å². The van der Waals surface area contributed by atoms with Crippen LogP contribution in [0.4, 0.5) is 5.69 Å². The van der Waals surface area contributed by atoms with Crippen molar-refractivity contribution in [1.82, 2.24) is 4.57 Å². The van der Waals surface area contributed by atoms with Crippen LogP contribution >= 0.6 is 0 Å². The van der Waals surface area contributed by atoms with E-state index in [1.807, 2.05) is 62.6 Å². The highest BCUT2D eigenvalue weighted by Crippen LogP contribution is 2.34. The number of benzene rings is 3. The molecule has 1 heterocycles. The summed E-state index contributed by atoms with van der Waals surface area (Å²) in [6.07, 6.45) is 0. The minimum Gasteiger partial charge on any atom is -0.378 e. The van der Waals surface area contributed by atoms with Crippen molar-refractivity contribution in [2.24, 2.45) is 0 Å². The molecule has 0 radical (unpaired) electrons. The molecule has 4 rings (SSSR count). The average Bonchev–Trinajstić information content (AvgIpc) is 3.11. The summed E-state index contributed by atoms with van der Waals surface area (Å²) in [6, 6.07) is 27.7. The number of rotatable bonds is 3. The first-order valence-electron chi connectivity index (χ1n) is 9.35. The lowest BCUT2D eigenvalue weighted by molar-refractivity contribution is 1.12. The molecule has 0 spiro atoms. The maximum atomic E-state index is 9.53. The molecule has 0 fully saturated rings. The molecule has 0 saturated carbocycles. The van der Waals surface area contributed by atoms with Gasteiger partial charge in [0.25, 0.3) is 0 Å². The van der Waals surface area contributed by atoms with Crippen molar-refractivity contribution in [1.29, 1.82) is 15.8 Å². The fourth-order valence-corrected chi connectivity index (χ4v) is 3.71. The monoisotopic (exact) mass is 387 g/mol. The molecule has 4 aromatic rings. The first-order chi connectivity index (χ1) is 14.6. The number of nitriles is 3. The number of para-hydroxylation sites is 1. The van der Waals surface area contributed by atoms with Crippen molar-refractivity contribution in [2.45, 2.75) is 0 Å². The summed E-state index contributed by atoms with van der Waals surface area (Å²) in [7, 11) is 4.02. The molecule has 5 nitrogen and oxygen atoms in total. The zero-order chi connectivity index (χ0) is 21.3. The third-order valence-electron chi connectivity index (χ3n) is 5.17. The Morgan fingerprint density at radius 3 is 2.07 bits per heavy atom. The van der Waals surface area contributed by atoms with Crippen molar-refractivity contribution in [3.8, 4) is 23.9 Å². The molecule has 0 amide bonds. The van der Waals surface area contributed by atoms with Crippen molar-refractivity contribution in [2.75, 3.05) is 19.0 Å². The minimum absolute atomic E-state index is 0.0917. The van der Waals surface area contributed by atoms with Crippen molar-refractivity contribution in [3.05, 3.63) is 77.9 Å². The van der Waals surface area contributed by atoms with Gasteiger partial charge in [0, 0.05) is 36.2 Å². The molecule has 0 atom stereocenters. The number of anilines is 1. The van der Waals surface area contributed by atoms with E-state index < -0.39 is 0 Å². The normalized spacial score (nSPS) is 10.2. The zero-order valence-corrected chi connectivity index (χ0v) is 16.6. The Hall–Kier alpha value is -4.53. The number of hydrogen-bond donors (Lipinski definition) is 0. The van der Waals surface area contributed by atoms with E-state index >= 15 is 0 Å². The van der Waals surface area contributed by atoms with Crippen LogP contribution < -0.4 is 4.90 Å². The SMILES string of the molecule is CN(C)c1ccc(-n2c3ccccc3c3cc(C(C#N)=C(C#N)C#N)ccc32)cc1. The molecule has 5 heteroatoms. The number of fused-ring (bicyclic) bond motifs is 3. The van der Waals surface area contributed by atoms with Crippen LogP contribution in [-0.2, 0) is 0 Å². The second-order valence-corrected chi connectivity index (χ2v) is 7.08. The van der Waals surface area contributed by atoms with Gasteiger partial charge >= 0.3 is 0 Å². The maximum Gasteiger partial charge on any atom is 0.148 e. The van der Waals surface area contributed by atoms with Gasteiger partial charge in [0.1, 0.15) is 23.8 Å². The topological polar surface area (TPSA) is 79.5 Å². The summed E-state index contributed by atoms with van der Waals surface area (Å²) in [5.74, 6) is 0. The lowest BCUT2D eigenvalue weighted by atomic mass is 10.00. The quantitative estimate of drug-likeness (QED) is 0.454. The van der Waals surface area contributed by atoms with E-state index in [4.69, 9.17) is 0 Å². The summed E-state index contributed by atoms with van der Waals surface area (Å²) in [4.78, 5) is 2.06. The molecule has 0 N–H and O–H groups in total. The smallest absolute Gasteiger partial charge is 0.148 e. The van der Waals surface area contributed by atoms with E-state index in [9.17, 15) is 15.8 Å². The van der Waals surface area contributed by atoms with E-state index in [-0.39, 0.29) is 11.1 Å². The lowest BCUT2D eigenvalue weighted by Crippen LogP contribution is -2.08. The van der Waals surface area contributed by atoms with Crippen LogP contribution in [0.2, 0.25) is 0 Å². The van der Waals surface area contributed by atoms with Gasteiger partial charge in [-0.15, -0.1) is 0 Å². The van der Waals surface area contributed by atoms with E-state index in [0.717, 1.165) is 33.2 Å². The maximum absolute atomic E-state index is 9.53. The van der Waals surface area contributed by atoms with Gasteiger partial charge in [0.05, 0.1) is 16.6 Å². The highest BCUT2D eigenvalue weighted by molar-refractivity contribution is 6.10. The third-order valence-corrected chi connectivity index (χ3v) is 5.17. The van der Waals surface area contributed by atoms with Crippen LogP contribution in [0.25, 0.3) is 33.1 Å². The fraction of sp³-hybridized carbons (Fsp3) is 0.0800. The van der Waals surface area contributed by atoms with Gasteiger partial charge < -0.3 is 9.47 Å². The van der Waals surface area contributed by atoms with Gasteiger partial charge in [0.2, 0.25) is 0 Å². The van der Waals surface area contributed by atoms with Gasteiger partial charge in [-0.3, -0.25) is 0 Å². The average molecular weight is 387 g/mol. The molecule has 0 aliphatic rings. The van der Waals surface area contributed by atoms with Crippen LogP contribution in [-0.4, -0.2) is 18.7 Å². The summed E-state index contributed by atoms with van der Waals surface area (Å²) < 4.78 is 2.18. The second kappa shape index (κ2) is 7.47. The molecule has 3 aromatic carbocycles. The van der Waals surface area contributed by atoms with Gasteiger partial charge in [0.15, 0.2) is 0 Å². The number of nitrogens with zero attached hydrogens (tertiary/aromatic N) is 5. The highest BCUT2D eigenvalue weighted by Gasteiger charge is 2.15. The number of allylic oxidation sites excluding steroid dienone is 2.